The van der Waals surface area contributed by atoms with Gasteiger partial charge in [0.25, 0.3) is 11.6 Å². The van der Waals surface area contributed by atoms with Gasteiger partial charge in [-0.2, -0.15) is 0 Å². The van der Waals surface area contributed by atoms with Crippen LogP contribution in [-0.2, 0) is 4.79 Å². The molecule has 2 rings (SSSR count). The number of carboxylic acid groups (broad SMARTS) is 1. The maximum atomic E-state index is 12.4. The summed E-state index contributed by atoms with van der Waals surface area (Å²) < 4.78 is 0. The van der Waals surface area contributed by atoms with Gasteiger partial charge in [0.1, 0.15) is 6.04 Å². The fourth-order valence-electron chi connectivity index (χ4n) is 2.40. The Balaban J connectivity index is 2.33. The molecule has 1 aliphatic heterocycles. The van der Waals surface area contributed by atoms with Crippen LogP contribution < -0.4 is 0 Å². The van der Waals surface area contributed by atoms with Gasteiger partial charge in [-0.25, -0.2) is 4.79 Å². The van der Waals surface area contributed by atoms with Gasteiger partial charge in [0, 0.05) is 18.2 Å². The highest BCUT2D eigenvalue weighted by Crippen LogP contribution is 2.29. The van der Waals surface area contributed by atoms with Gasteiger partial charge in [0.05, 0.1) is 9.82 Å². The molecule has 1 amide bonds. The van der Waals surface area contributed by atoms with Crippen LogP contribution in [-0.4, -0.2) is 45.6 Å². The van der Waals surface area contributed by atoms with E-state index < -0.39 is 22.8 Å². The van der Waals surface area contributed by atoms with Crippen LogP contribution in [0.15, 0.2) is 23.1 Å². The van der Waals surface area contributed by atoms with Crippen LogP contribution in [0.25, 0.3) is 0 Å². The summed E-state index contributed by atoms with van der Waals surface area (Å²) in [7, 11) is 0. The Kier molecular flexibility index (Phi) is 4.46. The zero-order valence-electron chi connectivity index (χ0n) is 11.3. The average molecular weight is 310 g/mol. The Morgan fingerprint density at radius 1 is 1.48 bits per heavy atom. The molecule has 0 radical (unpaired) electrons. The number of carbonyl (C=O) groups is 2. The van der Waals surface area contributed by atoms with Gasteiger partial charge >= 0.3 is 5.97 Å². The standard InChI is InChI=1S/C13H14N2O5S/c1-21-11-5-4-8(7-10(11)15(19)20)12(16)14-6-2-3-9(14)13(17)18/h4-5,7,9H,2-3,6H2,1H3,(H,17,18). The molecule has 1 aromatic carbocycles. The largest absolute Gasteiger partial charge is 0.480 e. The van der Waals surface area contributed by atoms with E-state index in [-0.39, 0.29) is 11.3 Å². The molecule has 0 saturated carbocycles. The minimum absolute atomic E-state index is 0.139. The number of nitro benzene ring substituents is 1. The molecule has 1 aromatic rings. The summed E-state index contributed by atoms with van der Waals surface area (Å²) in [5, 5.41) is 20.1. The van der Waals surface area contributed by atoms with E-state index in [9.17, 15) is 19.7 Å². The summed E-state index contributed by atoms with van der Waals surface area (Å²) in [6, 6.07) is 3.38. The van der Waals surface area contributed by atoms with Crippen LogP contribution in [0.2, 0.25) is 0 Å². The summed E-state index contributed by atoms with van der Waals surface area (Å²) in [6.07, 6.45) is 2.74. The van der Waals surface area contributed by atoms with Crippen molar-refractivity contribution in [2.24, 2.45) is 0 Å². The molecule has 7 nitrogen and oxygen atoms in total. The number of hydrogen-bond acceptors (Lipinski definition) is 5. The predicted molar refractivity (Wildman–Crippen MR) is 76.6 cm³/mol. The van der Waals surface area contributed by atoms with Gasteiger partial charge in [-0.1, -0.05) is 0 Å². The van der Waals surface area contributed by atoms with E-state index in [1.54, 1.807) is 6.26 Å². The molecule has 1 aliphatic rings. The lowest BCUT2D eigenvalue weighted by Crippen LogP contribution is -2.40. The van der Waals surface area contributed by atoms with E-state index in [2.05, 4.69) is 0 Å². The number of benzene rings is 1. The first-order valence-electron chi connectivity index (χ1n) is 6.32. The van der Waals surface area contributed by atoms with E-state index in [4.69, 9.17) is 5.11 Å². The SMILES string of the molecule is CSc1ccc(C(=O)N2CCCC2C(=O)O)cc1[N+](=O)[O-]. The summed E-state index contributed by atoms with van der Waals surface area (Å²) in [6.45, 7) is 0.355. The Hall–Kier alpha value is -2.09. The molecule has 1 N–H and O–H groups in total. The molecular formula is C13H14N2O5S. The number of nitro groups is 1. The molecule has 1 saturated heterocycles. The lowest BCUT2D eigenvalue weighted by molar-refractivity contribution is -0.387. The molecule has 0 aromatic heterocycles. The third kappa shape index (κ3) is 2.99. The second kappa shape index (κ2) is 6.13. The molecule has 1 fully saturated rings. The van der Waals surface area contributed by atoms with Crippen molar-refractivity contribution in [1.82, 2.24) is 4.90 Å². The molecule has 112 valence electrons. The number of amides is 1. The fraction of sp³-hybridized carbons (Fsp3) is 0.385. The monoisotopic (exact) mass is 310 g/mol. The molecule has 1 heterocycles. The molecular weight excluding hydrogens is 296 g/mol. The second-order valence-corrected chi connectivity index (χ2v) is 5.49. The van der Waals surface area contributed by atoms with Gasteiger partial charge in [-0.05, 0) is 31.2 Å². The predicted octanol–water partition coefficient (Wildman–Crippen LogP) is 2.01. The van der Waals surface area contributed by atoms with Crippen molar-refractivity contribution in [2.45, 2.75) is 23.8 Å². The molecule has 0 spiro atoms. The highest BCUT2D eigenvalue weighted by atomic mass is 32.2. The Morgan fingerprint density at radius 2 is 2.19 bits per heavy atom. The highest BCUT2D eigenvalue weighted by molar-refractivity contribution is 7.98. The summed E-state index contributed by atoms with van der Waals surface area (Å²) in [5.41, 5.74) is 0.00655. The number of nitrogens with zero attached hydrogens (tertiary/aromatic N) is 2. The molecule has 1 atom stereocenters. The molecule has 1 unspecified atom stereocenters. The Labute approximate surface area is 125 Å². The van der Waals surface area contributed by atoms with Crippen molar-refractivity contribution >= 4 is 29.3 Å². The Morgan fingerprint density at radius 3 is 2.76 bits per heavy atom. The number of aliphatic carboxylic acids is 1. The third-order valence-corrected chi connectivity index (χ3v) is 4.21. The van der Waals surface area contributed by atoms with Crippen molar-refractivity contribution in [3.05, 3.63) is 33.9 Å². The molecule has 0 bridgehead atoms. The molecule has 0 aliphatic carbocycles. The lowest BCUT2D eigenvalue weighted by Gasteiger charge is -2.21. The van der Waals surface area contributed by atoms with Crippen molar-refractivity contribution in [3.8, 4) is 0 Å². The van der Waals surface area contributed by atoms with E-state index in [0.717, 1.165) is 0 Å². The van der Waals surface area contributed by atoms with Crippen LogP contribution in [0.5, 0.6) is 0 Å². The van der Waals surface area contributed by atoms with Crippen molar-refractivity contribution < 1.29 is 19.6 Å². The quantitative estimate of drug-likeness (QED) is 0.518. The maximum absolute atomic E-state index is 12.4. The van der Waals surface area contributed by atoms with Crippen molar-refractivity contribution in [2.75, 3.05) is 12.8 Å². The summed E-state index contributed by atoms with van der Waals surface area (Å²) in [5.74, 6) is -1.52. The van der Waals surface area contributed by atoms with Crippen LogP contribution in [0.1, 0.15) is 23.2 Å². The normalized spacial score (nSPS) is 17.8. The van der Waals surface area contributed by atoms with Gasteiger partial charge in [0.2, 0.25) is 0 Å². The van der Waals surface area contributed by atoms with Crippen LogP contribution in [0.3, 0.4) is 0 Å². The maximum Gasteiger partial charge on any atom is 0.326 e. The van der Waals surface area contributed by atoms with E-state index in [1.807, 2.05) is 0 Å². The lowest BCUT2D eigenvalue weighted by atomic mass is 10.1. The first kappa shape index (κ1) is 15.3. The minimum Gasteiger partial charge on any atom is -0.480 e. The molecule has 21 heavy (non-hydrogen) atoms. The van der Waals surface area contributed by atoms with E-state index in [1.165, 1.54) is 34.9 Å². The topological polar surface area (TPSA) is 101 Å². The zero-order chi connectivity index (χ0) is 15.6. The first-order chi connectivity index (χ1) is 9.95. The molecule has 8 heteroatoms. The first-order valence-corrected chi connectivity index (χ1v) is 7.54. The third-order valence-electron chi connectivity index (χ3n) is 3.42. The Bertz CT molecular complexity index is 604. The van der Waals surface area contributed by atoms with Crippen LogP contribution in [0.4, 0.5) is 5.69 Å². The highest BCUT2D eigenvalue weighted by Gasteiger charge is 2.35. The fourth-order valence-corrected chi connectivity index (χ4v) is 2.94. The summed E-state index contributed by atoms with van der Waals surface area (Å²) in [4.78, 5) is 35.7. The van der Waals surface area contributed by atoms with Crippen LogP contribution in [0, 0.1) is 10.1 Å². The van der Waals surface area contributed by atoms with E-state index in [0.29, 0.717) is 24.3 Å². The number of carboxylic acids is 1. The number of rotatable bonds is 4. The average Bonchev–Trinajstić information content (AvgIpc) is 2.95. The van der Waals surface area contributed by atoms with Gasteiger partial charge < -0.3 is 10.0 Å². The van der Waals surface area contributed by atoms with Gasteiger partial charge in [0.15, 0.2) is 0 Å². The summed E-state index contributed by atoms with van der Waals surface area (Å²) >= 11 is 1.22. The van der Waals surface area contributed by atoms with Gasteiger partial charge in [-0.3, -0.25) is 14.9 Å². The number of hydrogen-bond donors (Lipinski definition) is 1. The van der Waals surface area contributed by atoms with Gasteiger partial charge in [-0.15, -0.1) is 11.8 Å². The van der Waals surface area contributed by atoms with E-state index >= 15 is 0 Å². The number of thioether (sulfide) groups is 1. The van der Waals surface area contributed by atoms with Crippen molar-refractivity contribution in [1.29, 1.82) is 0 Å². The minimum atomic E-state index is -1.05. The number of likely N-dealkylation sites (tertiary alicyclic amines) is 1. The number of carbonyl (C=O) groups excluding carboxylic acids is 1. The van der Waals surface area contributed by atoms with Crippen LogP contribution >= 0.6 is 11.8 Å². The smallest absolute Gasteiger partial charge is 0.326 e. The second-order valence-electron chi connectivity index (χ2n) is 4.64. The van der Waals surface area contributed by atoms with Crippen molar-refractivity contribution in [3.63, 3.8) is 0 Å². The zero-order valence-corrected chi connectivity index (χ0v) is 12.1.